The van der Waals surface area contributed by atoms with Crippen molar-refractivity contribution in [3.05, 3.63) is 60.5 Å². The highest BCUT2D eigenvalue weighted by Gasteiger charge is 2.21. The second-order valence-electron chi connectivity index (χ2n) is 6.65. The number of hydrogen-bond donors (Lipinski definition) is 2. The van der Waals surface area contributed by atoms with Gasteiger partial charge in [0.2, 0.25) is 0 Å². The molecule has 0 aliphatic carbocycles. The first-order valence-corrected chi connectivity index (χ1v) is 9.23. The highest BCUT2D eigenvalue weighted by molar-refractivity contribution is 7.20. The summed E-state index contributed by atoms with van der Waals surface area (Å²) in [5, 5.41) is 14.2. The lowest BCUT2D eigenvalue weighted by molar-refractivity contribution is -0.385. The number of amides is 1. The van der Waals surface area contributed by atoms with Gasteiger partial charge >= 0.3 is 0 Å². The molecule has 0 saturated carbocycles. The molecule has 0 saturated heterocycles. The van der Waals surface area contributed by atoms with Crippen molar-refractivity contribution < 1.29 is 9.72 Å². The third-order valence-corrected chi connectivity index (χ3v) is 5.46. The zero-order valence-electron chi connectivity index (χ0n) is 15.8. The van der Waals surface area contributed by atoms with Crippen LogP contribution in [0.3, 0.4) is 0 Å². The van der Waals surface area contributed by atoms with Crippen molar-refractivity contribution in [3.8, 4) is 0 Å². The fourth-order valence-corrected chi connectivity index (χ4v) is 4.01. The summed E-state index contributed by atoms with van der Waals surface area (Å²) in [5.74, 6) is 0.0860. The van der Waals surface area contributed by atoms with Crippen LogP contribution in [-0.2, 0) is 6.54 Å². The summed E-state index contributed by atoms with van der Waals surface area (Å²) in [6.45, 7) is 3.73. The number of aryl methyl sites for hydroxylation is 1. The zero-order chi connectivity index (χ0) is 20.6. The zero-order valence-corrected chi connectivity index (χ0v) is 16.6. The third kappa shape index (κ3) is 3.64. The average molecular weight is 401 g/mol. The molecule has 0 fully saturated rings. The minimum absolute atomic E-state index is 0.0719. The standard InChI is InChI=1S/C18H19N5O4S/c1-9-11(6-5-7-12(9)23(26)27)19-17(25)15-10(2)14-16(24)20-13(8-22(3)4)21-18(14)28-15/h5-7H,8H2,1-4H3,(H,19,25)(H,20,21,24). The molecule has 2 heterocycles. The van der Waals surface area contributed by atoms with Gasteiger partial charge in [-0.25, -0.2) is 4.98 Å². The first-order valence-electron chi connectivity index (χ1n) is 8.41. The van der Waals surface area contributed by atoms with E-state index in [0.717, 1.165) is 11.3 Å². The summed E-state index contributed by atoms with van der Waals surface area (Å²) in [7, 11) is 3.73. The molecule has 0 radical (unpaired) electrons. The number of fused-ring (bicyclic) bond motifs is 1. The van der Waals surface area contributed by atoms with Crippen molar-refractivity contribution >= 4 is 38.8 Å². The van der Waals surface area contributed by atoms with Gasteiger partial charge in [0.05, 0.1) is 33.0 Å². The van der Waals surface area contributed by atoms with Crippen molar-refractivity contribution in [2.75, 3.05) is 19.4 Å². The SMILES string of the molecule is Cc1c(NC(=O)c2sc3nc(CN(C)C)[nH]c(=O)c3c2C)cccc1[N+](=O)[O-]. The number of hydrogen-bond acceptors (Lipinski definition) is 7. The number of thiophene rings is 1. The van der Waals surface area contributed by atoms with Gasteiger partial charge in [-0.2, -0.15) is 0 Å². The molecule has 2 aromatic heterocycles. The largest absolute Gasteiger partial charge is 0.321 e. The van der Waals surface area contributed by atoms with Crippen molar-refractivity contribution in [2.45, 2.75) is 20.4 Å². The number of anilines is 1. The number of carbonyl (C=O) groups excluding carboxylic acids is 1. The summed E-state index contributed by atoms with van der Waals surface area (Å²) in [5.41, 5.74) is 0.888. The lowest BCUT2D eigenvalue weighted by atomic mass is 10.1. The van der Waals surface area contributed by atoms with Gasteiger partial charge in [0.15, 0.2) is 0 Å². The molecule has 3 aromatic rings. The molecule has 9 nitrogen and oxygen atoms in total. The Morgan fingerprint density at radius 2 is 2.04 bits per heavy atom. The number of nitrogens with one attached hydrogen (secondary N) is 2. The van der Waals surface area contributed by atoms with Crippen LogP contribution in [0.4, 0.5) is 11.4 Å². The Hall–Kier alpha value is -3.11. The molecule has 0 unspecified atom stereocenters. The number of nitrogens with zero attached hydrogens (tertiary/aromatic N) is 3. The first kappa shape index (κ1) is 19.6. The fourth-order valence-electron chi connectivity index (χ4n) is 2.92. The Morgan fingerprint density at radius 3 is 2.68 bits per heavy atom. The molecule has 0 aliphatic rings. The predicted molar refractivity (Wildman–Crippen MR) is 108 cm³/mol. The summed E-state index contributed by atoms with van der Waals surface area (Å²) in [6.07, 6.45) is 0. The van der Waals surface area contributed by atoms with Crippen LogP contribution in [0.5, 0.6) is 0 Å². The quantitative estimate of drug-likeness (QED) is 0.501. The van der Waals surface area contributed by atoms with Crippen molar-refractivity contribution in [3.63, 3.8) is 0 Å². The van der Waals surface area contributed by atoms with E-state index in [-0.39, 0.29) is 11.2 Å². The van der Waals surface area contributed by atoms with Gasteiger partial charge in [-0.05, 0) is 39.6 Å². The van der Waals surface area contributed by atoms with Crippen molar-refractivity contribution in [1.29, 1.82) is 0 Å². The van der Waals surface area contributed by atoms with Crippen LogP contribution in [0.25, 0.3) is 10.2 Å². The Balaban J connectivity index is 2.00. The number of H-pyrrole nitrogens is 1. The molecule has 0 spiro atoms. The van der Waals surface area contributed by atoms with Gasteiger partial charge in [-0.15, -0.1) is 11.3 Å². The van der Waals surface area contributed by atoms with Crippen LogP contribution in [0.1, 0.15) is 26.6 Å². The molecule has 0 bridgehead atoms. The number of carbonyl (C=O) groups is 1. The number of aromatic amines is 1. The highest BCUT2D eigenvalue weighted by Crippen LogP contribution is 2.30. The monoisotopic (exact) mass is 401 g/mol. The molecular formula is C18H19N5O4S. The maximum absolute atomic E-state index is 12.8. The normalized spacial score (nSPS) is 11.2. The average Bonchev–Trinajstić information content (AvgIpc) is 2.93. The molecule has 28 heavy (non-hydrogen) atoms. The van der Waals surface area contributed by atoms with Gasteiger partial charge in [0.25, 0.3) is 17.2 Å². The van der Waals surface area contributed by atoms with Gasteiger partial charge < -0.3 is 15.2 Å². The summed E-state index contributed by atoms with van der Waals surface area (Å²) in [6, 6.07) is 4.49. The minimum Gasteiger partial charge on any atom is -0.321 e. The molecule has 1 amide bonds. The summed E-state index contributed by atoms with van der Waals surface area (Å²) in [4.78, 5) is 45.8. The van der Waals surface area contributed by atoms with E-state index in [4.69, 9.17) is 0 Å². The van der Waals surface area contributed by atoms with E-state index >= 15 is 0 Å². The van der Waals surface area contributed by atoms with E-state index in [2.05, 4.69) is 15.3 Å². The summed E-state index contributed by atoms with van der Waals surface area (Å²) < 4.78 is 0. The summed E-state index contributed by atoms with van der Waals surface area (Å²) >= 11 is 1.13. The van der Waals surface area contributed by atoms with E-state index in [0.29, 0.717) is 44.3 Å². The smallest absolute Gasteiger partial charge is 0.274 e. The van der Waals surface area contributed by atoms with E-state index in [9.17, 15) is 19.7 Å². The van der Waals surface area contributed by atoms with Gasteiger partial charge in [0, 0.05) is 6.07 Å². The number of aromatic nitrogens is 2. The second kappa shape index (κ2) is 7.49. The molecule has 3 rings (SSSR count). The fraction of sp³-hybridized carbons (Fsp3) is 0.278. The topological polar surface area (TPSA) is 121 Å². The Kier molecular flexibility index (Phi) is 5.25. The number of nitro benzene ring substituents is 1. The van der Waals surface area contributed by atoms with Crippen LogP contribution in [-0.4, -0.2) is 39.8 Å². The van der Waals surface area contributed by atoms with Gasteiger partial charge in [-0.1, -0.05) is 6.07 Å². The molecule has 1 aromatic carbocycles. The number of rotatable bonds is 5. The molecule has 10 heteroatoms. The Labute approximate surface area is 164 Å². The van der Waals surface area contributed by atoms with Crippen LogP contribution in [0, 0.1) is 24.0 Å². The van der Waals surface area contributed by atoms with Crippen LogP contribution >= 0.6 is 11.3 Å². The van der Waals surface area contributed by atoms with Crippen molar-refractivity contribution in [2.24, 2.45) is 0 Å². The van der Waals surface area contributed by atoms with Gasteiger partial charge in [-0.3, -0.25) is 19.7 Å². The van der Waals surface area contributed by atoms with Crippen LogP contribution in [0.15, 0.2) is 23.0 Å². The third-order valence-electron chi connectivity index (χ3n) is 4.27. The molecule has 146 valence electrons. The van der Waals surface area contributed by atoms with E-state index in [1.165, 1.54) is 12.1 Å². The number of nitro groups is 1. The molecule has 0 atom stereocenters. The van der Waals surface area contributed by atoms with E-state index < -0.39 is 10.8 Å². The predicted octanol–water partition coefficient (Wildman–Crippen LogP) is 2.82. The second-order valence-corrected chi connectivity index (χ2v) is 7.65. The number of benzene rings is 1. The molecular weight excluding hydrogens is 382 g/mol. The lowest BCUT2D eigenvalue weighted by Crippen LogP contribution is -2.18. The van der Waals surface area contributed by atoms with Crippen LogP contribution < -0.4 is 10.9 Å². The van der Waals surface area contributed by atoms with E-state index in [1.54, 1.807) is 19.9 Å². The maximum atomic E-state index is 12.8. The Morgan fingerprint density at radius 1 is 1.32 bits per heavy atom. The van der Waals surface area contributed by atoms with Crippen LogP contribution in [0.2, 0.25) is 0 Å². The molecule has 2 N–H and O–H groups in total. The van der Waals surface area contributed by atoms with Gasteiger partial charge in [0.1, 0.15) is 10.7 Å². The first-order chi connectivity index (χ1) is 13.2. The highest BCUT2D eigenvalue weighted by atomic mass is 32.1. The van der Waals surface area contributed by atoms with Crippen molar-refractivity contribution in [1.82, 2.24) is 14.9 Å². The minimum atomic E-state index is -0.495. The molecule has 0 aliphatic heterocycles. The lowest BCUT2D eigenvalue weighted by Gasteiger charge is -2.08. The van der Waals surface area contributed by atoms with E-state index in [1.807, 2.05) is 19.0 Å². The Bertz CT molecular complexity index is 1150. The maximum Gasteiger partial charge on any atom is 0.274 e.